The van der Waals surface area contributed by atoms with E-state index in [-0.39, 0.29) is 11.6 Å². The smallest absolute Gasteiger partial charge is 0.193 e. The van der Waals surface area contributed by atoms with Gasteiger partial charge in [0, 0.05) is 40.4 Å². The molecule has 3 aromatic carbocycles. The van der Waals surface area contributed by atoms with Crippen LogP contribution in [-0.4, -0.2) is 25.8 Å². The average molecular weight is 455 g/mol. The summed E-state index contributed by atoms with van der Waals surface area (Å²) in [6, 6.07) is 20.0. The summed E-state index contributed by atoms with van der Waals surface area (Å²) in [5.41, 5.74) is 5.26. The first-order chi connectivity index (χ1) is 16.6. The molecule has 0 aromatic heterocycles. The fourth-order valence-corrected chi connectivity index (χ4v) is 4.68. The minimum Gasteiger partial charge on any atom is -0.497 e. The molecule has 1 heterocycles. The molecule has 6 nitrogen and oxygen atoms in total. The number of carbonyl (C=O) groups is 2. The van der Waals surface area contributed by atoms with Gasteiger partial charge in [0.2, 0.25) is 0 Å². The lowest BCUT2D eigenvalue weighted by Crippen LogP contribution is -2.24. The second-order valence-corrected chi connectivity index (χ2v) is 8.43. The molecule has 34 heavy (non-hydrogen) atoms. The van der Waals surface area contributed by atoms with Crippen LogP contribution < -0.4 is 20.1 Å². The van der Waals surface area contributed by atoms with Gasteiger partial charge in [0.25, 0.3) is 0 Å². The maximum Gasteiger partial charge on any atom is 0.193 e. The largest absolute Gasteiger partial charge is 0.497 e. The number of ketones is 2. The number of hydrogen-bond acceptors (Lipinski definition) is 6. The minimum absolute atomic E-state index is 0.0447. The van der Waals surface area contributed by atoms with Gasteiger partial charge in [-0.25, -0.2) is 0 Å². The van der Waals surface area contributed by atoms with Gasteiger partial charge in [-0.2, -0.15) is 0 Å². The lowest BCUT2D eigenvalue weighted by atomic mass is 9.86. The molecule has 0 saturated carbocycles. The number of ether oxygens (including phenoxy) is 2. The van der Waals surface area contributed by atoms with Gasteiger partial charge in [-0.05, 0) is 43.2 Å². The number of benzene rings is 3. The van der Waals surface area contributed by atoms with Crippen LogP contribution in [0.2, 0.25) is 0 Å². The molecule has 0 radical (unpaired) electrons. The molecule has 0 saturated heterocycles. The summed E-state index contributed by atoms with van der Waals surface area (Å²) in [6.07, 6.45) is 2.05. The molecule has 0 amide bonds. The number of methoxy groups -OCH3 is 2. The van der Waals surface area contributed by atoms with Crippen molar-refractivity contribution in [3.8, 4) is 11.5 Å². The van der Waals surface area contributed by atoms with Crippen molar-refractivity contribution in [1.29, 1.82) is 0 Å². The van der Waals surface area contributed by atoms with Crippen LogP contribution in [0.3, 0.4) is 0 Å². The molecule has 1 aliphatic heterocycles. The van der Waals surface area contributed by atoms with Crippen LogP contribution in [-0.2, 0) is 4.79 Å². The van der Waals surface area contributed by atoms with Crippen LogP contribution in [0.4, 0.5) is 11.4 Å². The van der Waals surface area contributed by atoms with E-state index < -0.39 is 6.04 Å². The maximum absolute atomic E-state index is 13.1. The van der Waals surface area contributed by atoms with Gasteiger partial charge in [0.1, 0.15) is 11.5 Å². The summed E-state index contributed by atoms with van der Waals surface area (Å²) >= 11 is 0. The highest BCUT2D eigenvalue weighted by Crippen LogP contribution is 2.43. The SMILES string of the molecule is COc1ccc([C@H]2Nc3ccc(C(=O)c4ccccc4)cc3NC3=C2C(=O)CCC3)c(OC)c1. The van der Waals surface area contributed by atoms with Crippen molar-refractivity contribution in [2.45, 2.75) is 25.3 Å². The first-order valence-corrected chi connectivity index (χ1v) is 11.3. The molecule has 3 aromatic rings. The van der Waals surface area contributed by atoms with Crippen molar-refractivity contribution in [2.24, 2.45) is 0 Å². The van der Waals surface area contributed by atoms with Gasteiger partial charge in [-0.1, -0.05) is 30.3 Å². The highest BCUT2D eigenvalue weighted by molar-refractivity contribution is 6.10. The Labute approximate surface area is 198 Å². The first-order valence-electron chi connectivity index (χ1n) is 11.3. The third-order valence-electron chi connectivity index (χ3n) is 6.40. The predicted molar refractivity (Wildman–Crippen MR) is 132 cm³/mol. The molecule has 0 bridgehead atoms. The normalized spacial score (nSPS) is 17.0. The van der Waals surface area contributed by atoms with E-state index in [1.54, 1.807) is 14.2 Å². The quantitative estimate of drug-likeness (QED) is 0.495. The number of nitrogens with one attached hydrogen (secondary N) is 2. The molecule has 0 fully saturated rings. The van der Waals surface area contributed by atoms with Crippen molar-refractivity contribution in [3.63, 3.8) is 0 Å². The molecule has 2 aliphatic rings. The third kappa shape index (κ3) is 3.92. The van der Waals surface area contributed by atoms with Crippen LogP contribution in [0.5, 0.6) is 11.5 Å². The summed E-state index contributed by atoms with van der Waals surface area (Å²) in [5.74, 6) is 1.39. The number of fused-ring (bicyclic) bond motifs is 1. The van der Waals surface area contributed by atoms with E-state index in [4.69, 9.17) is 9.47 Å². The second kappa shape index (κ2) is 9.06. The van der Waals surface area contributed by atoms with Crippen LogP contribution in [0.25, 0.3) is 0 Å². The van der Waals surface area contributed by atoms with Crippen molar-refractivity contribution in [3.05, 3.63) is 94.7 Å². The standard InChI is InChI=1S/C28H26N2O4/c1-33-19-12-13-20(25(16-19)34-2)27-26-22(9-6-10-24(26)31)29-23-15-18(11-14-21(23)30-27)28(32)17-7-4-3-5-8-17/h3-5,7-8,11-16,27,29-30H,6,9-10H2,1-2H3/t27-/m1/s1. The van der Waals surface area contributed by atoms with E-state index in [9.17, 15) is 9.59 Å². The van der Waals surface area contributed by atoms with Crippen LogP contribution in [0.1, 0.15) is 46.8 Å². The van der Waals surface area contributed by atoms with Crippen LogP contribution in [0.15, 0.2) is 78.0 Å². The molecule has 172 valence electrons. The van der Waals surface area contributed by atoms with Gasteiger partial charge >= 0.3 is 0 Å². The second-order valence-electron chi connectivity index (χ2n) is 8.43. The Morgan fingerprint density at radius 3 is 2.47 bits per heavy atom. The van der Waals surface area contributed by atoms with Crippen molar-refractivity contribution < 1.29 is 19.1 Å². The Morgan fingerprint density at radius 2 is 1.71 bits per heavy atom. The van der Waals surface area contributed by atoms with Crippen LogP contribution in [0, 0.1) is 0 Å². The first kappa shape index (κ1) is 21.8. The van der Waals surface area contributed by atoms with Gasteiger partial charge < -0.3 is 20.1 Å². The topological polar surface area (TPSA) is 76.7 Å². The maximum atomic E-state index is 13.1. The third-order valence-corrected chi connectivity index (χ3v) is 6.40. The summed E-state index contributed by atoms with van der Waals surface area (Å²) in [5, 5.41) is 7.03. The van der Waals surface area contributed by atoms with Crippen LogP contribution >= 0.6 is 0 Å². The number of rotatable bonds is 5. The minimum atomic E-state index is -0.395. The molecular formula is C28H26N2O4. The molecular weight excluding hydrogens is 428 g/mol. The average Bonchev–Trinajstić information content (AvgIpc) is 3.05. The monoisotopic (exact) mass is 454 g/mol. The lowest BCUT2D eigenvalue weighted by molar-refractivity contribution is -0.116. The van der Waals surface area contributed by atoms with Gasteiger partial charge in [0.05, 0.1) is 31.6 Å². The van der Waals surface area contributed by atoms with E-state index in [0.29, 0.717) is 34.6 Å². The molecule has 5 rings (SSSR count). The molecule has 0 spiro atoms. The molecule has 1 atom stereocenters. The van der Waals surface area contributed by atoms with Gasteiger partial charge in [-0.3, -0.25) is 9.59 Å². The lowest BCUT2D eigenvalue weighted by Gasteiger charge is -2.26. The zero-order valence-electron chi connectivity index (χ0n) is 19.2. The fraction of sp³-hybridized carbons (Fsp3) is 0.214. The molecule has 2 N–H and O–H groups in total. The van der Waals surface area contributed by atoms with E-state index in [1.807, 2.05) is 66.7 Å². The van der Waals surface area contributed by atoms with E-state index in [2.05, 4.69) is 10.6 Å². The van der Waals surface area contributed by atoms with Crippen molar-refractivity contribution in [1.82, 2.24) is 0 Å². The molecule has 6 heteroatoms. The summed E-state index contributed by atoms with van der Waals surface area (Å²) in [7, 11) is 3.22. The number of anilines is 2. The van der Waals surface area contributed by atoms with Crippen molar-refractivity contribution in [2.75, 3.05) is 24.9 Å². The molecule has 1 aliphatic carbocycles. The van der Waals surface area contributed by atoms with E-state index in [1.165, 1.54) is 0 Å². The zero-order valence-corrected chi connectivity index (χ0v) is 19.2. The number of hydrogen-bond donors (Lipinski definition) is 2. The number of Topliss-reactive ketones (excluding diaryl/α,β-unsaturated/α-hetero) is 1. The summed E-state index contributed by atoms with van der Waals surface area (Å²) in [6.45, 7) is 0. The van der Waals surface area contributed by atoms with E-state index >= 15 is 0 Å². The molecule has 0 unspecified atom stereocenters. The zero-order chi connectivity index (χ0) is 23.7. The Balaban J connectivity index is 1.60. The Kier molecular flexibility index (Phi) is 5.80. The Hall–Kier alpha value is -4.06. The number of carbonyl (C=O) groups excluding carboxylic acids is 2. The Morgan fingerprint density at radius 1 is 0.882 bits per heavy atom. The Bertz CT molecular complexity index is 1300. The predicted octanol–water partition coefficient (Wildman–Crippen LogP) is 5.52. The highest BCUT2D eigenvalue weighted by Gasteiger charge is 2.34. The van der Waals surface area contributed by atoms with Gasteiger partial charge in [-0.15, -0.1) is 0 Å². The van der Waals surface area contributed by atoms with E-state index in [0.717, 1.165) is 35.5 Å². The number of allylic oxidation sites excluding steroid dienone is 1. The van der Waals surface area contributed by atoms with Gasteiger partial charge in [0.15, 0.2) is 11.6 Å². The summed E-state index contributed by atoms with van der Waals surface area (Å²) in [4.78, 5) is 26.2. The fourth-order valence-electron chi connectivity index (χ4n) is 4.68. The summed E-state index contributed by atoms with van der Waals surface area (Å²) < 4.78 is 11.0. The van der Waals surface area contributed by atoms with Crippen molar-refractivity contribution >= 4 is 22.9 Å². The highest BCUT2D eigenvalue weighted by atomic mass is 16.5.